The molecule has 1 aliphatic heterocycles. The molecule has 0 spiro atoms. The molecular weight excluding hydrogens is 198 g/mol. The summed E-state index contributed by atoms with van der Waals surface area (Å²) in [5, 5.41) is 3.11. The largest absolute Gasteiger partial charge is 0.381 e. The molecule has 1 aromatic heterocycles. The van der Waals surface area contributed by atoms with Crippen LogP contribution < -0.4 is 0 Å². The molecule has 0 amide bonds. The van der Waals surface area contributed by atoms with Crippen molar-refractivity contribution in [3.8, 4) is 0 Å². The van der Waals surface area contributed by atoms with Gasteiger partial charge in [-0.3, -0.25) is 4.79 Å². The smallest absolute Gasteiger partial charge is 0.135 e. The summed E-state index contributed by atoms with van der Waals surface area (Å²) in [4.78, 5) is 15.3. The zero-order chi connectivity index (χ0) is 9.97. The number of Topliss-reactive ketones (excluding diaryl/α,β-unsaturated/α-hetero) is 1. The molecule has 1 atom stereocenters. The average Bonchev–Trinajstić information content (AvgIpc) is 2.69. The molecule has 76 valence electrons. The normalized spacial score (nSPS) is 21.4. The Hall–Kier alpha value is -0.740. The van der Waals surface area contributed by atoms with Gasteiger partial charge in [0.05, 0.1) is 17.3 Å². The van der Waals surface area contributed by atoms with Gasteiger partial charge in [-0.1, -0.05) is 0 Å². The second kappa shape index (κ2) is 4.19. The lowest BCUT2D eigenvalue weighted by molar-refractivity contribution is -0.116. The van der Waals surface area contributed by atoms with Crippen molar-refractivity contribution in [1.29, 1.82) is 0 Å². The van der Waals surface area contributed by atoms with Crippen LogP contribution in [0.15, 0.2) is 5.38 Å². The van der Waals surface area contributed by atoms with Gasteiger partial charge in [0.2, 0.25) is 0 Å². The molecule has 0 radical (unpaired) electrons. The molecule has 3 nitrogen and oxygen atoms in total. The SMILES string of the molecule is CC(=O)Cc1csc(C2CCOC2)n1. The van der Waals surface area contributed by atoms with Crippen molar-refractivity contribution in [1.82, 2.24) is 4.98 Å². The monoisotopic (exact) mass is 211 g/mol. The van der Waals surface area contributed by atoms with Crippen molar-refractivity contribution in [2.75, 3.05) is 13.2 Å². The first-order chi connectivity index (χ1) is 6.75. The van der Waals surface area contributed by atoms with Crippen LogP contribution in [0.4, 0.5) is 0 Å². The average molecular weight is 211 g/mol. The molecule has 2 rings (SSSR count). The highest BCUT2D eigenvalue weighted by atomic mass is 32.1. The van der Waals surface area contributed by atoms with Crippen LogP contribution in [0.1, 0.15) is 30.0 Å². The van der Waals surface area contributed by atoms with E-state index < -0.39 is 0 Å². The predicted octanol–water partition coefficient (Wildman–Crippen LogP) is 1.78. The lowest BCUT2D eigenvalue weighted by atomic mass is 10.1. The lowest BCUT2D eigenvalue weighted by Crippen LogP contribution is -2.00. The second-order valence-electron chi connectivity index (χ2n) is 3.62. The Morgan fingerprint density at radius 3 is 3.29 bits per heavy atom. The summed E-state index contributed by atoms with van der Waals surface area (Å²) >= 11 is 1.65. The van der Waals surface area contributed by atoms with Crippen LogP contribution in [0.3, 0.4) is 0 Å². The van der Waals surface area contributed by atoms with Gasteiger partial charge in [-0.15, -0.1) is 11.3 Å². The summed E-state index contributed by atoms with van der Waals surface area (Å²) in [6.45, 7) is 3.22. The molecule has 0 saturated carbocycles. The van der Waals surface area contributed by atoms with Crippen molar-refractivity contribution in [3.05, 3.63) is 16.1 Å². The Kier molecular flexibility index (Phi) is 2.93. The van der Waals surface area contributed by atoms with Crippen molar-refractivity contribution in [2.24, 2.45) is 0 Å². The first-order valence-corrected chi connectivity index (χ1v) is 5.65. The van der Waals surface area contributed by atoms with Crippen molar-refractivity contribution < 1.29 is 9.53 Å². The molecule has 1 saturated heterocycles. The molecule has 0 bridgehead atoms. The molecule has 1 aliphatic rings. The fourth-order valence-corrected chi connectivity index (χ4v) is 2.52. The maximum atomic E-state index is 10.9. The van der Waals surface area contributed by atoms with E-state index in [0.717, 1.165) is 30.3 Å². The zero-order valence-electron chi connectivity index (χ0n) is 8.16. The van der Waals surface area contributed by atoms with E-state index in [-0.39, 0.29) is 5.78 Å². The van der Waals surface area contributed by atoms with E-state index >= 15 is 0 Å². The van der Waals surface area contributed by atoms with E-state index in [1.54, 1.807) is 18.3 Å². The van der Waals surface area contributed by atoms with Gasteiger partial charge in [-0.05, 0) is 13.3 Å². The maximum absolute atomic E-state index is 10.9. The second-order valence-corrected chi connectivity index (χ2v) is 4.51. The number of nitrogens with zero attached hydrogens (tertiary/aromatic N) is 1. The van der Waals surface area contributed by atoms with Crippen LogP contribution in [0.5, 0.6) is 0 Å². The summed E-state index contributed by atoms with van der Waals surface area (Å²) in [6.07, 6.45) is 1.52. The summed E-state index contributed by atoms with van der Waals surface area (Å²) < 4.78 is 5.30. The minimum absolute atomic E-state index is 0.171. The highest BCUT2D eigenvalue weighted by Gasteiger charge is 2.20. The Morgan fingerprint density at radius 1 is 1.79 bits per heavy atom. The summed E-state index contributed by atoms with van der Waals surface area (Å²) in [5.74, 6) is 0.630. The molecule has 0 aliphatic carbocycles. The number of carbonyl (C=O) groups excluding carboxylic acids is 1. The van der Waals surface area contributed by atoms with Crippen LogP contribution in [0.25, 0.3) is 0 Å². The van der Waals surface area contributed by atoms with E-state index in [1.807, 2.05) is 5.38 Å². The van der Waals surface area contributed by atoms with E-state index in [4.69, 9.17) is 4.74 Å². The minimum atomic E-state index is 0.171. The number of rotatable bonds is 3. The summed E-state index contributed by atoms with van der Waals surface area (Å²) in [7, 11) is 0. The van der Waals surface area contributed by atoms with Crippen LogP contribution >= 0.6 is 11.3 Å². The Labute approximate surface area is 87.1 Å². The molecule has 1 aromatic rings. The molecular formula is C10H13NO2S. The highest BCUT2D eigenvalue weighted by molar-refractivity contribution is 7.09. The molecule has 4 heteroatoms. The molecule has 2 heterocycles. The fourth-order valence-electron chi connectivity index (χ4n) is 1.58. The van der Waals surface area contributed by atoms with Gasteiger partial charge in [-0.2, -0.15) is 0 Å². The number of carbonyl (C=O) groups is 1. The maximum Gasteiger partial charge on any atom is 0.135 e. The van der Waals surface area contributed by atoms with Crippen LogP contribution in [-0.2, 0) is 16.0 Å². The first kappa shape index (κ1) is 9.80. The van der Waals surface area contributed by atoms with Crippen LogP contribution in [0.2, 0.25) is 0 Å². The van der Waals surface area contributed by atoms with Gasteiger partial charge in [0, 0.05) is 24.3 Å². The standard InChI is InChI=1S/C10H13NO2S/c1-7(12)4-9-6-14-10(11-9)8-2-3-13-5-8/h6,8H,2-5H2,1H3. The summed E-state index contributed by atoms with van der Waals surface area (Å²) in [5.41, 5.74) is 0.907. The number of hydrogen-bond donors (Lipinski definition) is 0. The minimum Gasteiger partial charge on any atom is -0.381 e. The van der Waals surface area contributed by atoms with Gasteiger partial charge < -0.3 is 4.74 Å². The van der Waals surface area contributed by atoms with Gasteiger partial charge in [-0.25, -0.2) is 4.98 Å². The van der Waals surface area contributed by atoms with Gasteiger partial charge in [0.1, 0.15) is 5.78 Å². The van der Waals surface area contributed by atoms with Gasteiger partial charge in [0.15, 0.2) is 0 Å². The zero-order valence-corrected chi connectivity index (χ0v) is 8.97. The Bertz CT molecular complexity index is 329. The number of aromatic nitrogens is 1. The van der Waals surface area contributed by atoms with E-state index in [2.05, 4.69) is 4.98 Å². The molecule has 0 N–H and O–H groups in total. The van der Waals surface area contributed by atoms with Crippen molar-refractivity contribution >= 4 is 17.1 Å². The molecule has 1 fully saturated rings. The number of ether oxygens (including phenoxy) is 1. The number of thiazole rings is 1. The van der Waals surface area contributed by atoms with Crippen LogP contribution in [0, 0.1) is 0 Å². The molecule has 1 unspecified atom stereocenters. The summed E-state index contributed by atoms with van der Waals surface area (Å²) in [6, 6.07) is 0. The Morgan fingerprint density at radius 2 is 2.64 bits per heavy atom. The van der Waals surface area contributed by atoms with Gasteiger partial charge >= 0.3 is 0 Å². The third-order valence-electron chi connectivity index (χ3n) is 2.28. The van der Waals surface area contributed by atoms with Gasteiger partial charge in [0.25, 0.3) is 0 Å². The van der Waals surface area contributed by atoms with E-state index in [9.17, 15) is 4.79 Å². The number of ketones is 1. The lowest BCUT2D eigenvalue weighted by Gasteiger charge is -2.00. The van der Waals surface area contributed by atoms with E-state index in [0.29, 0.717) is 12.3 Å². The molecule has 0 aromatic carbocycles. The predicted molar refractivity (Wildman–Crippen MR) is 54.7 cm³/mol. The van der Waals surface area contributed by atoms with Crippen LogP contribution in [-0.4, -0.2) is 24.0 Å². The molecule has 14 heavy (non-hydrogen) atoms. The van der Waals surface area contributed by atoms with E-state index in [1.165, 1.54) is 0 Å². The van der Waals surface area contributed by atoms with Crippen molar-refractivity contribution in [2.45, 2.75) is 25.7 Å². The van der Waals surface area contributed by atoms with Crippen molar-refractivity contribution in [3.63, 3.8) is 0 Å². The third kappa shape index (κ3) is 2.19. The quantitative estimate of drug-likeness (QED) is 0.765. The fraction of sp³-hybridized carbons (Fsp3) is 0.600. The number of hydrogen-bond acceptors (Lipinski definition) is 4. The third-order valence-corrected chi connectivity index (χ3v) is 3.33. The first-order valence-electron chi connectivity index (χ1n) is 4.77. The highest BCUT2D eigenvalue weighted by Crippen LogP contribution is 2.27. The topological polar surface area (TPSA) is 39.2 Å². The Balaban J connectivity index is 2.05.